The van der Waals surface area contributed by atoms with Gasteiger partial charge in [-0.2, -0.15) is 0 Å². The molecule has 1 saturated heterocycles. The Balaban J connectivity index is 1.40. The normalized spacial score (nSPS) is 21.9. The van der Waals surface area contributed by atoms with Crippen LogP contribution in [0.5, 0.6) is 5.75 Å². The lowest BCUT2D eigenvalue weighted by Crippen LogP contribution is -2.63. The van der Waals surface area contributed by atoms with Crippen LogP contribution in [0.3, 0.4) is 0 Å². The maximum absolute atomic E-state index is 13.6. The third kappa shape index (κ3) is 4.77. The largest absolute Gasteiger partial charge is 0.516 e. The number of imidazole rings is 1. The van der Waals surface area contributed by atoms with Crippen LogP contribution in [-0.2, 0) is 19.1 Å². The second-order valence-corrected chi connectivity index (χ2v) is 12.0. The minimum Gasteiger partial charge on any atom is -0.421 e. The summed E-state index contributed by atoms with van der Waals surface area (Å²) < 4.78 is 18.0. The van der Waals surface area contributed by atoms with Gasteiger partial charge in [0, 0.05) is 24.6 Å². The highest BCUT2D eigenvalue weighted by molar-refractivity contribution is 7.98. The first kappa shape index (κ1) is 28.2. The molecule has 212 valence electrons. The van der Waals surface area contributed by atoms with Crippen LogP contribution in [0.2, 0.25) is 0 Å². The van der Waals surface area contributed by atoms with Crippen LogP contribution >= 0.6 is 23.1 Å². The highest BCUT2D eigenvalue weighted by Gasteiger charge is 2.60. The van der Waals surface area contributed by atoms with Crippen molar-refractivity contribution in [1.82, 2.24) is 14.3 Å². The molecule has 3 aromatic rings. The number of β-lactam (4-membered cyclic amide) rings is 1. The number of aromatic nitrogens is 2. The summed E-state index contributed by atoms with van der Waals surface area (Å²) in [7, 11) is 0. The van der Waals surface area contributed by atoms with Crippen molar-refractivity contribution < 1.29 is 33.7 Å². The van der Waals surface area contributed by atoms with E-state index in [0.29, 0.717) is 11.3 Å². The molecule has 0 bridgehead atoms. The molecule has 5 rings (SSSR count). The minimum atomic E-state index is -1.29. The number of hydrogen-bond acceptors (Lipinski definition) is 10. The Labute approximate surface area is 239 Å². The van der Waals surface area contributed by atoms with Gasteiger partial charge in [-0.25, -0.2) is 14.6 Å². The molecule has 5 atom stereocenters. The van der Waals surface area contributed by atoms with E-state index in [-0.39, 0.29) is 23.4 Å². The number of ether oxygens (including phenoxy) is 3. The lowest BCUT2D eigenvalue weighted by molar-refractivity contribution is -0.172. The van der Waals surface area contributed by atoms with Gasteiger partial charge in [0.05, 0.1) is 22.9 Å². The summed E-state index contributed by atoms with van der Waals surface area (Å²) in [6, 6.07) is 6.74. The number of rotatable bonds is 8. The van der Waals surface area contributed by atoms with Gasteiger partial charge in [0.1, 0.15) is 27.6 Å². The molecule has 4 heterocycles. The zero-order chi connectivity index (χ0) is 28.9. The summed E-state index contributed by atoms with van der Waals surface area (Å²) in [6.45, 7) is 8.87. The first-order valence-corrected chi connectivity index (χ1v) is 15.0. The molecule has 2 aliphatic heterocycles. The molecule has 40 heavy (non-hydrogen) atoms. The number of benzene rings is 1. The highest BCUT2D eigenvalue weighted by atomic mass is 32.2. The molecule has 1 amide bonds. The molecule has 12 heteroatoms. The Morgan fingerprint density at radius 3 is 2.55 bits per heavy atom. The predicted molar refractivity (Wildman–Crippen MR) is 150 cm³/mol. The molecular formula is C28H31N3O7S2. The maximum atomic E-state index is 13.6. The van der Waals surface area contributed by atoms with Crippen molar-refractivity contribution >= 4 is 51.5 Å². The van der Waals surface area contributed by atoms with E-state index in [1.54, 1.807) is 25.4 Å². The molecule has 1 fully saturated rings. The van der Waals surface area contributed by atoms with E-state index in [4.69, 9.17) is 14.2 Å². The zero-order valence-electron chi connectivity index (χ0n) is 23.0. The van der Waals surface area contributed by atoms with Gasteiger partial charge in [0.2, 0.25) is 12.2 Å². The van der Waals surface area contributed by atoms with Crippen molar-refractivity contribution in [3.05, 3.63) is 52.9 Å². The fourth-order valence-electron chi connectivity index (χ4n) is 5.46. The van der Waals surface area contributed by atoms with Gasteiger partial charge >= 0.3 is 12.1 Å². The quantitative estimate of drug-likeness (QED) is 0.129. The SMILES string of the molecule is CSc1ncn2cc(C3=C(C(=O)OC(C)OC(=O)Oc4ccccc4C(C)C)N4C(=O)[C@H]([C@@H](C)O)[C@H]4[C@H]3C)sc12. The highest BCUT2D eigenvalue weighted by Crippen LogP contribution is 2.52. The number of para-hydroxylation sites is 1. The molecule has 2 aromatic heterocycles. The van der Waals surface area contributed by atoms with Crippen LogP contribution in [0.1, 0.15) is 51.0 Å². The van der Waals surface area contributed by atoms with Gasteiger partial charge in [-0.1, -0.05) is 39.0 Å². The minimum absolute atomic E-state index is 0.0940. The van der Waals surface area contributed by atoms with Crippen LogP contribution < -0.4 is 4.74 Å². The number of fused-ring (bicyclic) bond motifs is 2. The second kappa shape index (κ2) is 10.9. The molecule has 10 nitrogen and oxygen atoms in total. The van der Waals surface area contributed by atoms with E-state index >= 15 is 0 Å². The van der Waals surface area contributed by atoms with E-state index in [9.17, 15) is 19.5 Å². The fourth-order valence-corrected chi connectivity index (χ4v) is 7.38. The lowest BCUT2D eigenvalue weighted by atomic mass is 9.77. The zero-order valence-corrected chi connectivity index (χ0v) is 24.6. The Morgan fingerprint density at radius 1 is 1.15 bits per heavy atom. The van der Waals surface area contributed by atoms with Crippen molar-refractivity contribution in [2.24, 2.45) is 11.8 Å². The average molecular weight is 586 g/mol. The monoisotopic (exact) mass is 585 g/mol. The van der Waals surface area contributed by atoms with Crippen LogP contribution in [0, 0.1) is 11.8 Å². The number of hydrogen-bond donors (Lipinski definition) is 1. The van der Waals surface area contributed by atoms with Gasteiger partial charge in [0.15, 0.2) is 0 Å². The van der Waals surface area contributed by atoms with Gasteiger partial charge in [0.25, 0.3) is 0 Å². The summed E-state index contributed by atoms with van der Waals surface area (Å²) in [4.78, 5) is 46.7. The Bertz CT molecular complexity index is 1510. The van der Waals surface area contributed by atoms with Gasteiger partial charge in [-0.05, 0) is 30.7 Å². The lowest BCUT2D eigenvalue weighted by Gasteiger charge is -2.46. The summed E-state index contributed by atoms with van der Waals surface area (Å²) in [5.41, 5.74) is 1.57. The molecule has 1 aromatic carbocycles. The van der Waals surface area contributed by atoms with Crippen LogP contribution in [0.4, 0.5) is 4.79 Å². The topological polar surface area (TPSA) is 120 Å². The summed E-state index contributed by atoms with van der Waals surface area (Å²) in [6.07, 6.45) is 2.35. The number of aliphatic hydroxyl groups excluding tert-OH is 1. The molecule has 0 saturated carbocycles. The standard InChI is InChI=1S/C28H31N3O7S2/c1-13(2)17-9-7-8-10-18(17)38-28(35)37-16(5)36-27(34)23-20(14(3)22-21(15(4)32)25(33)31(22)23)19-11-30-12-29-24(39-6)26(30)40-19/h7-16,21-22,32H,1-6H3/t14-,15+,16?,21+,22+/m0/s1. The number of thiazole rings is 1. The van der Waals surface area contributed by atoms with E-state index in [1.165, 1.54) is 34.9 Å². The molecule has 0 radical (unpaired) electrons. The first-order chi connectivity index (χ1) is 19.0. The smallest absolute Gasteiger partial charge is 0.421 e. The third-order valence-corrected chi connectivity index (χ3v) is 9.23. The van der Waals surface area contributed by atoms with Crippen molar-refractivity contribution in [3.8, 4) is 5.75 Å². The van der Waals surface area contributed by atoms with Crippen LogP contribution in [0.25, 0.3) is 10.4 Å². The van der Waals surface area contributed by atoms with E-state index in [1.807, 2.05) is 49.8 Å². The number of carbonyl (C=O) groups excluding carboxylic acids is 3. The number of nitrogens with zero attached hydrogens (tertiary/aromatic N) is 3. The number of amides is 1. The number of aliphatic hydroxyl groups is 1. The van der Waals surface area contributed by atoms with E-state index in [0.717, 1.165) is 20.3 Å². The Hall–Kier alpha value is -3.35. The molecule has 0 aliphatic carbocycles. The molecule has 1 N–H and O–H groups in total. The van der Waals surface area contributed by atoms with Crippen LogP contribution in [-0.4, -0.2) is 62.1 Å². The molecule has 2 aliphatic rings. The Morgan fingerprint density at radius 2 is 1.88 bits per heavy atom. The third-order valence-electron chi connectivity index (χ3n) is 7.27. The molecule has 1 unspecified atom stereocenters. The van der Waals surface area contributed by atoms with E-state index in [2.05, 4.69) is 4.98 Å². The summed E-state index contributed by atoms with van der Waals surface area (Å²) in [5.74, 6) is -1.54. The summed E-state index contributed by atoms with van der Waals surface area (Å²) in [5, 5.41) is 11.1. The number of thioether (sulfide) groups is 1. The Kier molecular flexibility index (Phi) is 7.68. The average Bonchev–Trinajstić information content (AvgIpc) is 3.53. The van der Waals surface area contributed by atoms with Crippen molar-refractivity contribution in [2.45, 2.75) is 64.0 Å². The molecular weight excluding hydrogens is 554 g/mol. The predicted octanol–water partition coefficient (Wildman–Crippen LogP) is 4.91. The number of carbonyl (C=O) groups is 3. The van der Waals surface area contributed by atoms with Gasteiger partial charge in [-0.3, -0.25) is 9.20 Å². The number of esters is 1. The second-order valence-electron chi connectivity index (χ2n) is 10.2. The van der Waals surface area contributed by atoms with Crippen molar-refractivity contribution in [3.63, 3.8) is 0 Å². The van der Waals surface area contributed by atoms with Gasteiger partial charge in [-0.15, -0.1) is 23.1 Å². The summed E-state index contributed by atoms with van der Waals surface area (Å²) >= 11 is 2.98. The first-order valence-electron chi connectivity index (χ1n) is 13.0. The van der Waals surface area contributed by atoms with Gasteiger partial charge < -0.3 is 24.2 Å². The molecule has 0 spiro atoms. The van der Waals surface area contributed by atoms with Crippen molar-refractivity contribution in [2.75, 3.05) is 6.26 Å². The van der Waals surface area contributed by atoms with Crippen LogP contribution in [0.15, 0.2) is 47.5 Å². The van der Waals surface area contributed by atoms with Crippen molar-refractivity contribution in [1.29, 1.82) is 0 Å². The fraction of sp³-hybridized carbons (Fsp3) is 0.429. The maximum Gasteiger partial charge on any atom is 0.516 e. The van der Waals surface area contributed by atoms with E-state index < -0.39 is 36.5 Å².